The first-order chi connectivity index (χ1) is 15.7. The van der Waals surface area contributed by atoms with Gasteiger partial charge in [-0.3, -0.25) is 9.59 Å². The van der Waals surface area contributed by atoms with E-state index in [-0.39, 0.29) is 21.4 Å². The van der Waals surface area contributed by atoms with Crippen molar-refractivity contribution >= 4 is 39.1 Å². The van der Waals surface area contributed by atoms with Crippen molar-refractivity contribution in [3.63, 3.8) is 0 Å². The predicted molar refractivity (Wildman–Crippen MR) is 130 cm³/mol. The van der Waals surface area contributed by atoms with Crippen LogP contribution in [0.25, 0.3) is 0 Å². The molecule has 9 heteroatoms. The zero-order valence-electron chi connectivity index (χ0n) is 18.9. The van der Waals surface area contributed by atoms with Crippen LogP contribution < -0.4 is 10.6 Å². The van der Waals surface area contributed by atoms with Gasteiger partial charge in [0.05, 0.1) is 26.7 Å². The fraction of sp³-hybridized carbons (Fsp3) is 0.417. The Morgan fingerprint density at radius 3 is 2.45 bits per heavy atom. The molecule has 1 saturated heterocycles. The molecular weight excluding hydrogens is 462 g/mol. The molecule has 33 heavy (non-hydrogen) atoms. The molecule has 0 atom stereocenters. The van der Waals surface area contributed by atoms with Crippen molar-refractivity contribution in [3.05, 3.63) is 58.6 Å². The van der Waals surface area contributed by atoms with Gasteiger partial charge in [0, 0.05) is 19.6 Å². The number of nitrogens with one attached hydrogen (secondary N) is 2. The number of halogens is 1. The van der Waals surface area contributed by atoms with Gasteiger partial charge in [0.2, 0.25) is 10.0 Å². The number of rotatable bonds is 8. The minimum atomic E-state index is -3.73. The average molecular weight is 492 g/mol. The monoisotopic (exact) mass is 491 g/mol. The first-order valence-corrected chi connectivity index (χ1v) is 13.0. The molecule has 0 radical (unpaired) electrons. The highest BCUT2D eigenvalue weighted by Crippen LogP contribution is 2.27. The van der Waals surface area contributed by atoms with Crippen LogP contribution >= 0.6 is 11.6 Å². The molecule has 178 valence electrons. The summed E-state index contributed by atoms with van der Waals surface area (Å²) in [6, 6.07) is 10.8. The van der Waals surface area contributed by atoms with Crippen LogP contribution in [0.5, 0.6) is 0 Å². The lowest BCUT2D eigenvalue weighted by Gasteiger charge is -2.29. The highest BCUT2D eigenvalue weighted by molar-refractivity contribution is 7.89. The highest BCUT2D eigenvalue weighted by atomic mass is 35.5. The summed E-state index contributed by atoms with van der Waals surface area (Å²) in [6.45, 7) is 5.59. The van der Waals surface area contributed by atoms with Gasteiger partial charge in [-0.2, -0.15) is 4.31 Å². The Morgan fingerprint density at radius 2 is 1.76 bits per heavy atom. The number of benzene rings is 2. The second-order valence-electron chi connectivity index (χ2n) is 8.34. The lowest BCUT2D eigenvalue weighted by molar-refractivity contribution is 0.0954. The zero-order valence-corrected chi connectivity index (χ0v) is 20.5. The van der Waals surface area contributed by atoms with E-state index in [9.17, 15) is 18.0 Å². The number of hydrogen-bond donors (Lipinski definition) is 2. The summed E-state index contributed by atoms with van der Waals surface area (Å²) in [5, 5.41) is 5.67. The Labute approximate surface area is 200 Å². The normalized spacial score (nSPS) is 15.2. The van der Waals surface area contributed by atoms with Crippen molar-refractivity contribution in [1.82, 2.24) is 9.62 Å². The molecule has 2 aromatic rings. The van der Waals surface area contributed by atoms with Crippen molar-refractivity contribution in [2.75, 3.05) is 25.0 Å². The molecule has 1 fully saturated rings. The van der Waals surface area contributed by atoms with Gasteiger partial charge in [0.1, 0.15) is 0 Å². The summed E-state index contributed by atoms with van der Waals surface area (Å²) >= 11 is 6.25. The molecule has 2 N–H and O–H groups in total. The summed E-state index contributed by atoms with van der Waals surface area (Å²) in [6.07, 6.45) is 3.41. The van der Waals surface area contributed by atoms with E-state index in [4.69, 9.17) is 11.6 Å². The standard InChI is InChI=1S/C24H30ClN3O4S/c1-3-4-13-26-23(29)19-7-5-6-8-22(19)27-24(30)20-16-18(9-10-21(20)25)33(31,32)28-14-11-17(2)12-15-28/h5-10,16-17H,3-4,11-15H2,1-2H3,(H,26,29)(H,27,30). The SMILES string of the molecule is CCCCNC(=O)c1ccccc1NC(=O)c1cc(S(=O)(=O)N2CCC(C)CC2)ccc1Cl. The Bertz CT molecular complexity index is 1110. The van der Waals surface area contributed by atoms with Crippen molar-refractivity contribution < 1.29 is 18.0 Å². The minimum absolute atomic E-state index is 0.0252. The van der Waals surface area contributed by atoms with Crippen molar-refractivity contribution in [1.29, 1.82) is 0 Å². The first-order valence-electron chi connectivity index (χ1n) is 11.2. The topological polar surface area (TPSA) is 95.6 Å². The van der Waals surface area contributed by atoms with Crippen LogP contribution in [0, 0.1) is 5.92 Å². The number of hydrogen-bond acceptors (Lipinski definition) is 4. The maximum Gasteiger partial charge on any atom is 0.257 e. The smallest absolute Gasteiger partial charge is 0.257 e. The quantitative estimate of drug-likeness (QED) is 0.530. The Kier molecular flexibility index (Phi) is 8.51. The Balaban J connectivity index is 1.82. The number of sulfonamides is 1. The number of carbonyl (C=O) groups excluding carboxylic acids is 2. The van der Waals surface area contributed by atoms with Gasteiger partial charge in [-0.05, 0) is 55.5 Å². The molecule has 1 aliphatic heterocycles. The third kappa shape index (κ3) is 6.13. The maximum atomic E-state index is 13.1. The first kappa shape index (κ1) is 25.2. The van der Waals surface area contributed by atoms with Gasteiger partial charge < -0.3 is 10.6 Å². The van der Waals surface area contributed by atoms with Crippen LogP contribution in [-0.2, 0) is 10.0 Å². The van der Waals surface area contributed by atoms with Gasteiger partial charge in [0.25, 0.3) is 11.8 Å². The lowest BCUT2D eigenvalue weighted by atomic mass is 10.0. The van der Waals surface area contributed by atoms with E-state index in [0.717, 1.165) is 25.7 Å². The van der Waals surface area contributed by atoms with Crippen LogP contribution in [0.3, 0.4) is 0 Å². The van der Waals surface area contributed by atoms with E-state index in [1.807, 2.05) is 6.92 Å². The molecule has 0 bridgehead atoms. The van der Waals surface area contributed by atoms with Gasteiger partial charge in [-0.1, -0.05) is 44.0 Å². The molecule has 2 amide bonds. The highest BCUT2D eigenvalue weighted by Gasteiger charge is 2.29. The van der Waals surface area contributed by atoms with E-state index in [2.05, 4.69) is 17.6 Å². The van der Waals surface area contributed by atoms with E-state index in [1.54, 1.807) is 24.3 Å². The fourth-order valence-electron chi connectivity index (χ4n) is 3.67. The number of amides is 2. The van der Waals surface area contributed by atoms with Crippen LogP contribution in [0.15, 0.2) is 47.4 Å². The molecule has 0 aromatic heterocycles. The Hall–Kier alpha value is -2.42. The number of anilines is 1. The third-order valence-electron chi connectivity index (χ3n) is 5.80. The second kappa shape index (κ2) is 11.1. The third-order valence-corrected chi connectivity index (χ3v) is 8.02. The van der Waals surface area contributed by atoms with E-state index >= 15 is 0 Å². The Morgan fingerprint density at radius 1 is 1.06 bits per heavy atom. The largest absolute Gasteiger partial charge is 0.352 e. The summed E-state index contributed by atoms with van der Waals surface area (Å²) < 4.78 is 27.7. The number of carbonyl (C=O) groups is 2. The van der Waals surface area contributed by atoms with Gasteiger partial charge in [-0.15, -0.1) is 0 Å². The molecule has 0 saturated carbocycles. The van der Waals surface area contributed by atoms with Crippen molar-refractivity contribution in [2.24, 2.45) is 5.92 Å². The summed E-state index contributed by atoms with van der Waals surface area (Å²) in [5.41, 5.74) is 0.680. The van der Waals surface area contributed by atoms with Crippen LogP contribution in [0.1, 0.15) is 60.2 Å². The molecule has 0 unspecified atom stereocenters. The number of para-hydroxylation sites is 1. The maximum absolute atomic E-state index is 13.1. The molecule has 3 rings (SSSR count). The number of piperidine rings is 1. The summed E-state index contributed by atoms with van der Waals surface area (Å²) in [4.78, 5) is 25.6. The minimum Gasteiger partial charge on any atom is -0.352 e. The van der Waals surface area contributed by atoms with Crippen LogP contribution in [0.4, 0.5) is 5.69 Å². The van der Waals surface area contributed by atoms with Crippen LogP contribution in [0.2, 0.25) is 5.02 Å². The van der Waals surface area contributed by atoms with E-state index in [1.165, 1.54) is 22.5 Å². The summed E-state index contributed by atoms with van der Waals surface area (Å²) in [5.74, 6) is -0.388. The van der Waals surface area contributed by atoms with Gasteiger partial charge in [0.15, 0.2) is 0 Å². The predicted octanol–water partition coefficient (Wildman–Crippen LogP) is 4.54. The summed E-state index contributed by atoms with van der Waals surface area (Å²) in [7, 11) is -3.73. The second-order valence-corrected chi connectivity index (χ2v) is 10.7. The molecule has 2 aromatic carbocycles. The van der Waals surface area contributed by atoms with Gasteiger partial charge in [-0.25, -0.2) is 8.42 Å². The molecular formula is C24H30ClN3O4S. The number of unbranched alkanes of at least 4 members (excludes halogenated alkanes) is 1. The molecule has 1 heterocycles. The van der Waals surface area contributed by atoms with Crippen molar-refractivity contribution in [3.8, 4) is 0 Å². The zero-order chi connectivity index (χ0) is 24.0. The van der Waals surface area contributed by atoms with Gasteiger partial charge >= 0.3 is 0 Å². The van der Waals surface area contributed by atoms with E-state index < -0.39 is 15.9 Å². The van der Waals surface area contributed by atoms with E-state index in [0.29, 0.717) is 36.8 Å². The molecule has 0 aliphatic carbocycles. The molecule has 1 aliphatic rings. The molecule has 0 spiro atoms. The van der Waals surface area contributed by atoms with Crippen molar-refractivity contribution in [2.45, 2.75) is 44.4 Å². The van der Waals surface area contributed by atoms with Crippen LogP contribution in [-0.4, -0.2) is 44.2 Å². The average Bonchev–Trinajstić information content (AvgIpc) is 2.80. The number of nitrogens with zero attached hydrogens (tertiary/aromatic N) is 1. The lowest BCUT2D eigenvalue weighted by Crippen LogP contribution is -2.37. The molecule has 7 nitrogen and oxygen atoms in total. The fourth-order valence-corrected chi connectivity index (χ4v) is 5.37.